The predicted molar refractivity (Wildman–Crippen MR) is 103 cm³/mol. The maximum atomic E-state index is 14.9. The first-order valence-corrected chi connectivity index (χ1v) is 9.87. The highest BCUT2D eigenvalue weighted by molar-refractivity contribution is 5.68. The molecule has 1 aromatic rings. The number of hydrogen-bond donors (Lipinski definition) is 1. The number of benzene rings is 1. The normalized spacial score (nSPS) is 22.2. The van der Waals surface area contributed by atoms with E-state index < -0.39 is 23.3 Å². The Labute approximate surface area is 165 Å². The summed E-state index contributed by atoms with van der Waals surface area (Å²) in [5.41, 5.74) is -0.582. The van der Waals surface area contributed by atoms with Crippen LogP contribution in [0.2, 0.25) is 0 Å². The minimum atomic E-state index is -0.613. The molecule has 7 heteroatoms. The van der Waals surface area contributed by atoms with E-state index in [1.165, 1.54) is 7.11 Å². The Hall–Kier alpha value is -1.89. The summed E-state index contributed by atoms with van der Waals surface area (Å²) in [5.74, 6) is -1.50. The zero-order valence-corrected chi connectivity index (χ0v) is 17.1. The van der Waals surface area contributed by atoms with E-state index in [4.69, 9.17) is 9.47 Å². The van der Waals surface area contributed by atoms with Gasteiger partial charge >= 0.3 is 6.09 Å². The summed E-state index contributed by atoms with van der Waals surface area (Å²) in [5, 5.41) is 3.34. The lowest BCUT2D eigenvalue weighted by Gasteiger charge is -2.50. The number of amides is 1. The van der Waals surface area contributed by atoms with Gasteiger partial charge in [0, 0.05) is 24.6 Å². The molecule has 2 heterocycles. The molecule has 1 unspecified atom stereocenters. The average Bonchev–Trinajstić information content (AvgIpc) is 2.63. The molecule has 0 saturated carbocycles. The molecule has 0 aromatic heterocycles. The second-order valence-corrected chi connectivity index (χ2v) is 8.82. The van der Waals surface area contributed by atoms with Crippen molar-refractivity contribution in [2.45, 2.75) is 51.6 Å². The number of methoxy groups -OCH3 is 1. The Morgan fingerprint density at radius 2 is 1.82 bits per heavy atom. The molecule has 0 bridgehead atoms. The van der Waals surface area contributed by atoms with Crippen molar-refractivity contribution in [1.29, 1.82) is 0 Å². The van der Waals surface area contributed by atoms with Crippen LogP contribution in [0.3, 0.4) is 0 Å². The van der Waals surface area contributed by atoms with Crippen molar-refractivity contribution < 1.29 is 23.0 Å². The fourth-order valence-electron chi connectivity index (χ4n) is 4.53. The molecule has 5 nitrogen and oxygen atoms in total. The third-order valence-electron chi connectivity index (χ3n) is 5.92. The van der Waals surface area contributed by atoms with E-state index in [1.54, 1.807) is 4.90 Å². The van der Waals surface area contributed by atoms with E-state index in [0.717, 1.165) is 44.5 Å². The number of nitrogens with one attached hydrogen (secondary N) is 1. The number of nitrogens with zero attached hydrogens (tertiary/aromatic N) is 1. The van der Waals surface area contributed by atoms with Crippen molar-refractivity contribution in [3.63, 3.8) is 0 Å². The lowest BCUT2D eigenvalue weighted by Crippen LogP contribution is -2.52. The summed E-state index contributed by atoms with van der Waals surface area (Å²) < 4.78 is 40.1. The van der Waals surface area contributed by atoms with Crippen LogP contribution in [-0.2, 0) is 4.74 Å². The van der Waals surface area contributed by atoms with E-state index in [0.29, 0.717) is 6.54 Å². The summed E-state index contributed by atoms with van der Waals surface area (Å²) in [6, 6.07) is 2.23. The molecular formula is C21H30F2N2O3. The highest BCUT2D eigenvalue weighted by Gasteiger charge is 2.48. The van der Waals surface area contributed by atoms with Gasteiger partial charge in [0.05, 0.1) is 7.11 Å². The van der Waals surface area contributed by atoms with Crippen molar-refractivity contribution >= 4 is 6.09 Å². The Morgan fingerprint density at radius 1 is 1.18 bits per heavy atom. The SMILES string of the molecule is COc1c(F)ccc(F)c1C1CN(C(=O)OC(C)(C)C)CCC12CCNCC2. The van der Waals surface area contributed by atoms with Crippen LogP contribution in [-0.4, -0.2) is 49.9 Å². The van der Waals surface area contributed by atoms with Gasteiger partial charge in [-0.25, -0.2) is 13.6 Å². The zero-order chi connectivity index (χ0) is 20.5. The van der Waals surface area contributed by atoms with Crippen LogP contribution in [0, 0.1) is 17.0 Å². The molecule has 2 saturated heterocycles. The summed E-state index contributed by atoms with van der Waals surface area (Å²) in [6.07, 6.45) is 1.99. The van der Waals surface area contributed by atoms with Crippen LogP contribution in [0.5, 0.6) is 5.75 Å². The van der Waals surface area contributed by atoms with Gasteiger partial charge in [-0.15, -0.1) is 0 Å². The molecular weight excluding hydrogens is 366 g/mol. The number of carbonyl (C=O) groups excluding carboxylic acids is 1. The van der Waals surface area contributed by atoms with Gasteiger partial charge in [0.2, 0.25) is 0 Å². The minimum Gasteiger partial charge on any atom is -0.493 e. The lowest BCUT2D eigenvalue weighted by molar-refractivity contribution is -0.00327. The van der Waals surface area contributed by atoms with Crippen molar-refractivity contribution in [3.8, 4) is 5.75 Å². The van der Waals surface area contributed by atoms with E-state index in [1.807, 2.05) is 20.8 Å². The zero-order valence-electron chi connectivity index (χ0n) is 17.1. The molecule has 2 aliphatic rings. The van der Waals surface area contributed by atoms with E-state index in [2.05, 4.69) is 5.32 Å². The second kappa shape index (κ2) is 7.85. The van der Waals surface area contributed by atoms with E-state index >= 15 is 0 Å². The standard InChI is InChI=1S/C21H30F2N2O3/c1-20(2,3)28-19(26)25-12-9-21(7-10-24-11-8-21)14(13-25)17-15(22)5-6-16(23)18(17)27-4/h5-6,14,24H,7-13H2,1-4H3. The topological polar surface area (TPSA) is 50.8 Å². The quantitative estimate of drug-likeness (QED) is 0.819. The van der Waals surface area contributed by atoms with Gasteiger partial charge in [-0.1, -0.05) is 0 Å². The molecule has 1 amide bonds. The van der Waals surface area contributed by atoms with Gasteiger partial charge in [-0.2, -0.15) is 0 Å². The van der Waals surface area contributed by atoms with Gasteiger partial charge in [-0.05, 0) is 70.7 Å². The predicted octanol–water partition coefficient (Wildman–Crippen LogP) is 4.07. The average molecular weight is 396 g/mol. The Bertz CT molecular complexity index is 727. The molecule has 2 aliphatic heterocycles. The second-order valence-electron chi connectivity index (χ2n) is 8.82. The van der Waals surface area contributed by atoms with Crippen LogP contribution in [0.15, 0.2) is 12.1 Å². The maximum absolute atomic E-state index is 14.9. The molecule has 0 radical (unpaired) electrons. The highest BCUT2D eigenvalue weighted by Crippen LogP contribution is 2.52. The van der Waals surface area contributed by atoms with E-state index in [-0.39, 0.29) is 29.2 Å². The summed E-state index contributed by atoms with van der Waals surface area (Å²) >= 11 is 0. The Morgan fingerprint density at radius 3 is 2.43 bits per heavy atom. The van der Waals surface area contributed by atoms with Crippen LogP contribution >= 0.6 is 0 Å². The van der Waals surface area contributed by atoms with Crippen molar-refractivity contribution in [2.24, 2.45) is 5.41 Å². The number of rotatable bonds is 2. The number of likely N-dealkylation sites (tertiary alicyclic amines) is 1. The number of ether oxygens (including phenoxy) is 2. The van der Waals surface area contributed by atoms with Gasteiger partial charge in [0.1, 0.15) is 11.4 Å². The van der Waals surface area contributed by atoms with Crippen LogP contribution in [0.1, 0.15) is 51.5 Å². The summed E-state index contributed by atoms with van der Waals surface area (Å²) in [6.45, 7) is 7.92. The van der Waals surface area contributed by atoms with Crippen LogP contribution in [0.25, 0.3) is 0 Å². The minimum absolute atomic E-state index is 0.0612. The maximum Gasteiger partial charge on any atom is 0.410 e. The Kier molecular flexibility index (Phi) is 5.84. The molecule has 156 valence electrons. The fraction of sp³-hybridized carbons (Fsp3) is 0.667. The first kappa shape index (κ1) is 20.8. The molecule has 0 aliphatic carbocycles. The molecule has 1 aromatic carbocycles. The molecule has 1 N–H and O–H groups in total. The highest BCUT2D eigenvalue weighted by atomic mass is 19.1. The third-order valence-corrected chi connectivity index (χ3v) is 5.92. The number of piperidine rings is 2. The molecule has 1 atom stereocenters. The van der Waals surface area contributed by atoms with Crippen molar-refractivity contribution in [2.75, 3.05) is 33.3 Å². The molecule has 2 fully saturated rings. The van der Waals surface area contributed by atoms with Gasteiger partial charge in [0.15, 0.2) is 11.6 Å². The lowest BCUT2D eigenvalue weighted by atomic mass is 9.62. The van der Waals surface area contributed by atoms with E-state index in [9.17, 15) is 13.6 Å². The van der Waals surface area contributed by atoms with Gasteiger partial charge < -0.3 is 19.7 Å². The molecule has 1 spiro atoms. The van der Waals surface area contributed by atoms with Crippen LogP contribution in [0.4, 0.5) is 13.6 Å². The Balaban J connectivity index is 2.00. The van der Waals surface area contributed by atoms with Crippen molar-refractivity contribution in [3.05, 3.63) is 29.3 Å². The summed E-state index contributed by atoms with van der Waals surface area (Å²) in [7, 11) is 1.35. The van der Waals surface area contributed by atoms with Crippen LogP contribution < -0.4 is 10.1 Å². The third kappa shape index (κ3) is 4.09. The van der Waals surface area contributed by atoms with Gasteiger partial charge in [-0.3, -0.25) is 0 Å². The molecule has 28 heavy (non-hydrogen) atoms. The first-order valence-electron chi connectivity index (χ1n) is 9.87. The number of halogens is 2. The smallest absolute Gasteiger partial charge is 0.410 e. The van der Waals surface area contributed by atoms with Gasteiger partial charge in [0.25, 0.3) is 0 Å². The number of carbonyl (C=O) groups is 1. The van der Waals surface area contributed by atoms with Crippen molar-refractivity contribution in [1.82, 2.24) is 10.2 Å². The number of hydrogen-bond acceptors (Lipinski definition) is 4. The summed E-state index contributed by atoms with van der Waals surface area (Å²) in [4.78, 5) is 14.3. The fourth-order valence-corrected chi connectivity index (χ4v) is 4.53. The molecule has 3 rings (SSSR count). The first-order chi connectivity index (χ1) is 13.2. The monoisotopic (exact) mass is 396 g/mol. The largest absolute Gasteiger partial charge is 0.493 e.